The van der Waals surface area contributed by atoms with E-state index in [0.29, 0.717) is 11.7 Å². The summed E-state index contributed by atoms with van der Waals surface area (Å²) in [6, 6.07) is 16.1. The number of thioether (sulfide) groups is 1. The first-order chi connectivity index (χ1) is 13.1. The van der Waals surface area contributed by atoms with E-state index in [1.54, 1.807) is 0 Å². The van der Waals surface area contributed by atoms with Crippen molar-refractivity contribution in [3.05, 3.63) is 59.7 Å². The smallest absolute Gasteiger partial charge is 0.230 e. The third kappa shape index (κ3) is 3.64. The Morgan fingerprint density at radius 1 is 1.11 bits per heavy atom. The molecule has 0 saturated carbocycles. The molecule has 0 aliphatic heterocycles. The molecule has 1 N–H and O–H groups in total. The zero-order valence-corrected chi connectivity index (χ0v) is 16.0. The van der Waals surface area contributed by atoms with E-state index in [2.05, 4.69) is 20.5 Å². The topological polar surface area (TPSA) is 72.7 Å². The van der Waals surface area contributed by atoms with E-state index in [0.717, 1.165) is 27.6 Å². The minimum absolute atomic E-state index is 0.0543. The fourth-order valence-electron chi connectivity index (χ4n) is 2.94. The van der Waals surface area contributed by atoms with Crippen LogP contribution >= 0.6 is 11.8 Å². The molecule has 0 saturated heterocycles. The lowest BCUT2D eigenvalue weighted by atomic mass is 10.1. The number of benzene rings is 2. The van der Waals surface area contributed by atoms with Crippen LogP contribution < -0.4 is 5.32 Å². The highest BCUT2D eigenvalue weighted by Crippen LogP contribution is 2.25. The summed E-state index contributed by atoms with van der Waals surface area (Å²) in [4.78, 5) is 16.7. The van der Waals surface area contributed by atoms with E-state index in [9.17, 15) is 4.79 Å². The van der Waals surface area contributed by atoms with Gasteiger partial charge in [-0.3, -0.25) is 4.79 Å². The van der Waals surface area contributed by atoms with Gasteiger partial charge in [-0.25, -0.2) is 4.98 Å². The molecule has 0 atom stereocenters. The predicted octanol–water partition coefficient (Wildman–Crippen LogP) is 3.23. The summed E-state index contributed by atoms with van der Waals surface area (Å²) in [5, 5.41) is 12.9. The van der Waals surface area contributed by atoms with Crippen molar-refractivity contribution in [1.29, 1.82) is 0 Å². The van der Waals surface area contributed by atoms with Crippen LogP contribution in [0.1, 0.15) is 11.1 Å². The Labute approximate surface area is 161 Å². The van der Waals surface area contributed by atoms with Crippen molar-refractivity contribution in [1.82, 2.24) is 25.1 Å². The summed E-state index contributed by atoms with van der Waals surface area (Å²) in [6.45, 7) is 2.56. The number of nitrogens with one attached hydrogen (secondary N) is 1. The fraction of sp³-hybridized carbons (Fsp3) is 0.200. The van der Waals surface area contributed by atoms with Gasteiger partial charge in [-0.1, -0.05) is 59.8 Å². The summed E-state index contributed by atoms with van der Waals surface area (Å²) < 4.78 is 2.00. The second-order valence-electron chi connectivity index (χ2n) is 6.39. The zero-order chi connectivity index (χ0) is 18.8. The van der Waals surface area contributed by atoms with Gasteiger partial charge in [-0.2, -0.15) is 0 Å². The second-order valence-corrected chi connectivity index (χ2v) is 7.34. The standard InChI is InChI=1S/C20H19N5OS/c1-13-7-9-14(10-8-13)11-21-17(26)12-27-20-22-19-18(23-24-20)15-5-3-4-6-16(15)25(19)2/h3-10H,11-12H2,1-2H3,(H,21,26). The SMILES string of the molecule is Cc1ccc(CNC(=O)CSc2nnc3c4ccccc4n(C)c3n2)cc1. The monoisotopic (exact) mass is 377 g/mol. The maximum Gasteiger partial charge on any atom is 0.230 e. The first-order valence-electron chi connectivity index (χ1n) is 8.65. The molecule has 0 aliphatic carbocycles. The highest BCUT2D eigenvalue weighted by molar-refractivity contribution is 7.99. The number of carbonyl (C=O) groups is 1. The van der Waals surface area contributed by atoms with Crippen molar-refractivity contribution in [2.75, 3.05) is 5.75 Å². The number of fused-ring (bicyclic) bond motifs is 3. The Hall–Kier alpha value is -2.93. The van der Waals surface area contributed by atoms with Crippen molar-refractivity contribution in [2.45, 2.75) is 18.6 Å². The van der Waals surface area contributed by atoms with Gasteiger partial charge in [0, 0.05) is 19.0 Å². The molecular formula is C20H19N5OS. The van der Waals surface area contributed by atoms with Crippen molar-refractivity contribution in [2.24, 2.45) is 7.05 Å². The molecule has 2 heterocycles. The Kier molecular flexibility index (Phi) is 4.77. The summed E-state index contributed by atoms with van der Waals surface area (Å²) >= 11 is 1.29. The maximum atomic E-state index is 12.1. The van der Waals surface area contributed by atoms with Gasteiger partial charge in [-0.05, 0) is 18.6 Å². The molecule has 7 heteroatoms. The summed E-state index contributed by atoms with van der Waals surface area (Å²) in [5.74, 6) is 0.199. The zero-order valence-electron chi connectivity index (χ0n) is 15.1. The van der Waals surface area contributed by atoms with Gasteiger partial charge in [0.15, 0.2) is 5.65 Å². The molecule has 0 unspecified atom stereocenters. The van der Waals surface area contributed by atoms with Crippen LogP contribution in [0.4, 0.5) is 0 Å². The number of aryl methyl sites for hydroxylation is 2. The Morgan fingerprint density at radius 3 is 2.70 bits per heavy atom. The number of amides is 1. The van der Waals surface area contributed by atoms with Crippen LogP contribution in [0.2, 0.25) is 0 Å². The Bertz CT molecular complexity index is 1120. The van der Waals surface area contributed by atoms with Gasteiger partial charge in [0.2, 0.25) is 11.1 Å². The van der Waals surface area contributed by atoms with Gasteiger partial charge in [0.1, 0.15) is 5.52 Å². The molecule has 0 aliphatic rings. The fourth-order valence-corrected chi connectivity index (χ4v) is 3.55. The molecule has 4 rings (SSSR count). The first-order valence-corrected chi connectivity index (χ1v) is 9.63. The van der Waals surface area contributed by atoms with Crippen LogP contribution in [0, 0.1) is 6.92 Å². The number of aromatic nitrogens is 4. The highest BCUT2D eigenvalue weighted by Gasteiger charge is 2.13. The van der Waals surface area contributed by atoms with Crippen LogP contribution in [0.5, 0.6) is 0 Å². The Morgan fingerprint density at radius 2 is 1.89 bits per heavy atom. The lowest BCUT2D eigenvalue weighted by molar-refractivity contribution is -0.118. The average Bonchev–Trinajstić information content (AvgIpc) is 2.98. The van der Waals surface area contributed by atoms with Crippen molar-refractivity contribution >= 4 is 39.7 Å². The first kappa shape index (κ1) is 17.5. The van der Waals surface area contributed by atoms with E-state index >= 15 is 0 Å². The van der Waals surface area contributed by atoms with E-state index in [1.165, 1.54) is 17.3 Å². The minimum atomic E-state index is -0.0543. The molecule has 0 spiro atoms. The molecule has 4 aromatic rings. The number of carbonyl (C=O) groups excluding carboxylic acids is 1. The molecule has 6 nitrogen and oxygen atoms in total. The van der Waals surface area contributed by atoms with Crippen molar-refractivity contribution in [3.8, 4) is 0 Å². The van der Waals surface area contributed by atoms with E-state index in [4.69, 9.17) is 0 Å². The van der Waals surface area contributed by atoms with E-state index < -0.39 is 0 Å². The number of nitrogens with zero attached hydrogens (tertiary/aromatic N) is 4. The number of para-hydroxylation sites is 1. The number of hydrogen-bond acceptors (Lipinski definition) is 5. The van der Waals surface area contributed by atoms with Crippen LogP contribution in [0.15, 0.2) is 53.7 Å². The van der Waals surface area contributed by atoms with Gasteiger partial charge in [0.05, 0.1) is 11.3 Å². The molecule has 0 bridgehead atoms. The third-order valence-corrected chi connectivity index (χ3v) is 5.27. The number of hydrogen-bond donors (Lipinski definition) is 1. The van der Waals surface area contributed by atoms with Crippen LogP contribution in [0.25, 0.3) is 22.1 Å². The summed E-state index contributed by atoms with van der Waals surface area (Å²) in [5.41, 5.74) is 4.89. The largest absolute Gasteiger partial charge is 0.351 e. The average molecular weight is 377 g/mol. The normalized spacial score (nSPS) is 11.2. The number of rotatable bonds is 5. The van der Waals surface area contributed by atoms with E-state index in [-0.39, 0.29) is 11.7 Å². The molecule has 136 valence electrons. The molecule has 27 heavy (non-hydrogen) atoms. The summed E-state index contributed by atoms with van der Waals surface area (Å²) in [7, 11) is 1.96. The molecule has 2 aromatic heterocycles. The van der Waals surface area contributed by atoms with Crippen molar-refractivity contribution in [3.63, 3.8) is 0 Å². The highest BCUT2D eigenvalue weighted by atomic mass is 32.2. The van der Waals surface area contributed by atoms with Gasteiger partial charge in [-0.15, -0.1) is 10.2 Å². The van der Waals surface area contributed by atoms with Gasteiger partial charge in [0.25, 0.3) is 0 Å². The van der Waals surface area contributed by atoms with Gasteiger partial charge < -0.3 is 9.88 Å². The maximum absolute atomic E-state index is 12.1. The summed E-state index contributed by atoms with van der Waals surface area (Å²) in [6.07, 6.45) is 0. The minimum Gasteiger partial charge on any atom is -0.351 e. The molecular weight excluding hydrogens is 358 g/mol. The lowest BCUT2D eigenvalue weighted by Crippen LogP contribution is -2.24. The molecule has 0 radical (unpaired) electrons. The van der Waals surface area contributed by atoms with Crippen LogP contribution in [0.3, 0.4) is 0 Å². The quantitative estimate of drug-likeness (QED) is 0.541. The van der Waals surface area contributed by atoms with E-state index in [1.807, 2.05) is 67.1 Å². The van der Waals surface area contributed by atoms with Crippen LogP contribution in [-0.2, 0) is 18.4 Å². The second kappa shape index (κ2) is 7.36. The van der Waals surface area contributed by atoms with Crippen LogP contribution in [-0.4, -0.2) is 31.4 Å². The van der Waals surface area contributed by atoms with Gasteiger partial charge >= 0.3 is 0 Å². The molecule has 1 amide bonds. The Balaban J connectivity index is 1.42. The van der Waals surface area contributed by atoms with Crippen molar-refractivity contribution < 1.29 is 4.79 Å². The predicted molar refractivity (Wildman–Crippen MR) is 108 cm³/mol. The molecule has 2 aromatic carbocycles. The molecule has 0 fully saturated rings. The third-order valence-electron chi connectivity index (χ3n) is 4.43. The lowest BCUT2D eigenvalue weighted by Gasteiger charge is -2.05.